The summed E-state index contributed by atoms with van der Waals surface area (Å²) in [6, 6.07) is 8.38. The first kappa shape index (κ1) is 19.1. The second kappa shape index (κ2) is 7.94. The molecule has 140 valence electrons. The molecule has 2 aromatic heterocycles. The first-order valence-electron chi connectivity index (χ1n) is 8.09. The van der Waals surface area contributed by atoms with Crippen LogP contribution >= 0.6 is 23.2 Å². The third-order valence-corrected chi connectivity index (χ3v) is 4.06. The number of rotatable bonds is 5. The number of aryl methyl sites for hydroxylation is 3. The molecule has 1 amide bonds. The van der Waals surface area contributed by atoms with Gasteiger partial charge in [0.05, 0.1) is 10.7 Å². The van der Waals surface area contributed by atoms with Crippen molar-refractivity contribution in [2.45, 2.75) is 20.8 Å². The predicted molar refractivity (Wildman–Crippen MR) is 104 cm³/mol. The van der Waals surface area contributed by atoms with E-state index in [-0.39, 0.29) is 12.5 Å². The lowest BCUT2D eigenvalue weighted by Gasteiger charge is -2.10. The fourth-order valence-electron chi connectivity index (χ4n) is 2.45. The van der Waals surface area contributed by atoms with E-state index in [1.54, 1.807) is 24.3 Å². The van der Waals surface area contributed by atoms with Gasteiger partial charge < -0.3 is 10.1 Å². The summed E-state index contributed by atoms with van der Waals surface area (Å²) < 4.78 is 6.94. The number of benzene rings is 1. The number of nitrogens with zero attached hydrogens (tertiary/aromatic N) is 4. The summed E-state index contributed by atoms with van der Waals surface area (Å²) in [5.74, 6) is 0.788. The highest BCUT2D eigenvalue weighted by molar-refractivity contribution is 6.34. The van der Waals surface area contributed by atoms with Gasteiger partial charge in [-0.25, -0.2) is 9.97 Å². The second-order valence-corrected chi connectivity index (χ2v) is 6.79. The molecule has 2 heterocycles. The zero-order chi connectivity index (χ0) is 19.6. The van der Waals surface area contributed by atoms with Gasteiger partial charge in [0, 0.05) is 28.5 Å². The minimum atomic E-state index is -0.378. The Morgan fingerprint density at radius 3 is 2.48 bits per heavy atom. The number of carbonyl (C=O) groups excluding carboxylic acids is 1. The van der Waals surface area contributed by atoms with Gasteiger partial charge in [-0.15, -0.1) is 0 Å². The molecule has 0 bridgehead atoms. The highest BCUT2D eigenvalue weighted by Gasteiger charge is 2.14. The molecule has 3 aromatic rings. The molecule has 0 spiro atoms. The van der Waals surface area contributed by atoms with Gasteiger partial charge in [-0.05, 0) is 39.0 Å². The van der Waals surface area contributed by atoms with E-state index >= 15 is 0 Å². The van der Waals surface area contributed by atoms with Crippen LogP contribution in [-0.4, -0.2) is 32.3 Å². The first-order valence-corrected chi connectivity index (χ1v) is 8.84. The molecule has 0 fully saturated rings. The Morgan fingerprint density at radius 1 is 1.07 bits per heavy atom. The number of anilines is 1. The SMILES string of the molecule is Cc1cc(C)nc(-n2nc(C)cc2NC(=O)COc2cc(Cl)ccc2Cl)n1. The van der Waals surface area contributed by atoms with Crippen LogP contribution < -0.4 is 10.1 Å². The number of hydrogen-bond donors (Lipinski definition) is 1. The first-order chi connectivity index (χ1) is 12.8. The van der Waals surface area contributed by atoms with Crippen LogP contribution in [0.5, 0.6) is 5.75 Å². The molecular formula is C18H17Cl2N5O2. The Bertz CT molecular complexity index is 983. The van der Waals surface area contributed by atoms with Gasteiger partial charge in [0.15, 0.2) is 6.61 Å². The molecule has 7 nitrogen and oxygen atoms in total. The number of nitrogens with one attached hydrogen (secondary N) is 1. The van der Waals surface area contributed by atoms with Crippen molar-refractivity contribution in [3.05, 3.63) is 57.5 Å². The molecule has 27 heavy (non-hydrogen) atoms. The molecule has 0 unspecified atom stereocenters. The predicted octanol–water partition coefficient (Wildman–Crippen LogP) is 3.91. The number of halogens is 2. The number of hydrogen-bond acceptors (Lipinski definition) is 5. The minimum absolute atomic E-state index is 0.238. The molecule has 3 rings (SSSR count). The van der Waals surface area contributed by atoms with E-state index in [9.17, 15) is 4.79 Å². The highest BCUT2D eigenvalue weighted by Crippen LogP contribution is 2.27. The lowest BCUT2D eigenvalue weighted by atomic mass is 10.3. The summed E-state index contributed by atoms with van der Waals surface area (Å²) in [5.41, 5.74) is 2.33. The van der Waals surface area contributed by atoms with E-state index in [4.69, 9.17) is 27.9 Å². The van der Waals surface area contributed by atoms with Gasteiger partial charge in [-0.2, -0.15) is 9.78 Å². The highest BCUT2D eigenvalue weighted by atomic mass is 35.5. The van der Waals surface area contributed by atoms with Crippen LogP contribution in [0.15, 0.2) is 30.3 Å². The monoisotopic (exact) mass is 405 g/mol. The van der Waals surface area contributed by atoms with Crippen molar-refractivity contribution < 1.29 is 9.53 Å². The average molecular weight is 406 g/mol. The maximum absolute atomic E-state index is 12.3. The Labute approximate surface area is 166 Å². The number of aromatic nitrogens is 4. The van der Waals surface area contributed by atoms with Crippen LogP contribution in [0.3, 0.4) is 0 Å². The van der Waals surface area contributed by atoms with Crippen molar-refractivity contribution in [1.29, 1.82) is 0 Å². The lowest BCUT2D eigenvalue weighted by molar-refractivity contribution is -0.118. The van der Waals surface area contributed by atoms with Crippen LogP contribution in [0.1, 0.15) is 17.1 Å². The Balaban J connectivity index is 1.76. The summed E-state index contributed by atoms with van der Waals surface area (Å²) in [5, 5.41) is 7.95. The molecule has 0 aliphatic carbocycles. The van der Waals surface area contributed by atoms with Gasteiger partial charge in [0.25, 0.3) is 11.9 Å². The molecule has 9 heteroatoms. The van der Waals surface area contributed by atoms with Gasteiger partial charge in [0.2, 0.25) is 0 Å². The lowest BCUT2D eigenvalue weighted by Crippen LogP contribution is -2.22. The molecule has 0 aliphatic rings. The molecule has 0 aliphatic heterocycles. The topological polar surface area (TPSA) is 81.9 Å². The van der Waals surface area contributed by atoms with Crippen molar-refractivity contribution in [3.63, 3.8) is 0 Å². The van der Waals surface area contributed by atoms with Crippen molar-refractivity contribution in [2.75, 3.05) is 11.9 Å². The van der Waals surface area contributed by atoms with E-state index in [2.05, 4.69) is 20.4 Å². The van der Waals surface area contributed by atoms with Crippen LogP contribution in [0.4, 0.5) is 5.82 Å². The Hall–Kier alpha value is -2.64. The van der Waals surface area contributed by atoms with Gasteiger partial charge in [0.1, 0.15) is 11.6 Å². The van der Waals surface area contributed by atoms with E-state index in [0.717, 1.165) is 11.4 Å². The van der Waals surface area contributed by atoms with Crippen LogP contribution in [-0.2, 0) is 4.79 Å². The van der Waals surface area contributed by atoms with Crippen LogP contribution in [0.25, 0.3) is 5.95 Å². The van der Waals surface area contributed by atoms with Gasteiger partial charge >= 0.3 is 0 Å². The molecule has 0 radical (unpaired) electrons. The Morgan fingerprint density at radius 2 is 1.78 bits per heavy atom. The summed E-state index contributed by atoms with van der Waals surface area (Å²) >= 11 is 11.9. The summed E-state index contributed by atoms with van der Waals surface area (Å²) in [7, 11) is 0. The number of amides is 1. The van der Waals surface area contributed by atoms with Crippen LogP contribution in [0.2, 0.25) is 10.0 Å². The maximum Gasteiger partial charge on any atom is 0.263 e. The van der Waals surface area contributed by atoms with E-state index in [1.165, 1.54) is 4.68 Å². The fraction of sp³-hybridized carbons (Fsp3) is 0.222. The summed E-state index contributed by atoms with van der Waals surface area (Å²) in [6.07, 6.45) is 0. The number of ether oxygens (including phenoxy) is 1. The zero-order valence-electron chi connectivity index (χ0n) is 15.0. The average Bonchev–Trinajstić information content (AvgIpc) is 2.95. The normalized spacial score (nSPS) is 10.7. The van der Waals surface area contributed by atoms with Gasteiger partial charge in [-0.3, -0.25) is 4.79 Å². The van der Waals surface area contributed by atoms with E-state index in [0.29, 0.717) is 33.3 Å². The van der Waals surface area contributed by atoms with Crippen molar-refractivity contribution in [2.24, 2.45) is 0 Å². The fourth-order valence-corrected chi connectivity index (χ4v) is 2.79. The third kappa shape index (κ3) is 4.75. The standard InChI is InChI=1S/C18H17Cl2N5O2/c1-10-6-11(2)22-18(21-10)25-16(7-12(3)24-25)23-17(26)9-27-15-8-13(19)4-5-14(15)20/h4-8H,9H2,1-3H3,(H,23,26). The van der Waals surface area contributed by atoms with Gasteiger partial charge in [-0.1, -0.05) is 23.2 Å². The molecular weight excluding hydrogens is 389 g/mol. The molecule has 0 atom stereocenters. The minimum Gasteiger partial charge on any atom is -0.482 e. The molecule has 1 aromatic carbocycles. The third-order valence-electron chi connectivity index (χ3n) is 3.51. The summed E-state index contributed by atoms with van der Waals surface area (Å²) in [6.45, 7) is 5.32. The van der Waals surface area contributed by atoms with Crippen molar-refractivity contribution in [3.8, 4) is 11.7 Å². The maximum atomic E-state index is 12.3. The largest absolute Gasteiger partial charge is 0.482 e. The van der Waals surface area contributed by atoms with Crippen LogP contribution in [0, 0.1) is 20.8 Å². The second-order valence-electron chi connectivity index (χ2n) is 5.95. The molecule has 0 saturated heterocycles. The zero-order valence-corrected chi connectivity index (χ0v) is 16.5. The van der Waals surface area contributed by atoms with Crippen molar-refractivity contribution >= 4 is 34.9 Å². The number of carbonyl (C=O) groups is 1. The summed E-state index contributed by atoms with van der Waals surface area (Å²) in [4.78, 5) is 21.1. The smallest absolute Gasteiger partial charge is 0.263 e. The molecule has 0 saturated carbocycles. The quantitative estimate of drug-likeness (QED) is 0.695. The molecule has 1 N–H and O–H groups in total. The van der Waals surface area contributed by atoms with E-state index in [1.807, 2.05) is 26.8 Å². The Kier molecular flexibility index (Phi) is 5.62. The van der Waals surface area contributed by atoms with Crippen molar-refractivity contribution in [1.82, 2.24) is 19.7 Å². The van der Waals surface area contributed by atoms with E-state index < -0.39 is 0 Å².